The van der Waals surface area contributed by atoms with Gasteiger partial charge in [-0.1, -0.05) is 78.4 Å². The van der Waals surface area contributed by atoms with E-state index in [9.17, 15) is 0 Å². The van der Waals surface area contributed by atoms with Gasteiger partial charge in [0, 0.05) is 19.5 Å². The Labute approximate surface area is 180 Å². The summed E-state index contributed by atoms with van der Waals surface area (Å²) in [5.74, 6) is 1.06. The van der Waals surface area contributed by atoms with Crippen LogP contribution in [0.2, 0.25) is 0 Å². The molecule has 0 N–H and O–H groups in total. The molecular weight excluding hydrogens is 378 g/mol. The molecule has 0 aromatic heterocycles. The molecule has 0 unspecified atom stereocenters. The highest BCUT2D eigenvalue weighted by Crippen LogP contribution is 2.26. The van der Waals surface area contributed by atoms with Crippen molar-refractivity contribution in [2.75, 3.05) is 20.2 Å². The van der Waals surface area contributed by atoms with Gasteiger partial charge < -0.3 is 4.74 Å². The zero-order valence-corrected chi connectivity index (χ0v) is 17.9. The van der Waals surface area contributed by atoms with E-state index in [2.05, 4.69) is 97.7 Å². The highest BCUT2D eigenvalue weighted by Gasteiger charge is 2.12. The van der Waals surface area contributed by atoms with Gasteiger partial charge in [0.15, 0.2) is 0 Å². The Morgan fingerprint density at radius 2 is 1.69 bits per heavy atom. The molecule has 0 atom stereocenters. The third kappa shape index (κ3) is 5.50. The molecule has 1 aliphatic rings. The molecule has 0 fully saturated rings. The monoisotopic (exact) mass is 405 g/mol. The molecule has 0 saturated heterocycles. The first kappa shape index (κ1) is 21.2. The fraction of sp³-hybridized carbons (Fsp3) is 0.231. The first-order chi connectivity index (χ1) is 13.7. The number of rotatable bonds is 6. The Morgan fingerprint density at radius 3 is 2.45 bits per heavy atom. The van der Waals surface area contributed by atoms with E-state index >= 15 is 0 Å². The molecule has 0 radical (unpaired) electrons. The van der Waals surface area contributed by atoms with Crippen LogP contribution < -0.4 is 4.74 Å². The normalized spacial score (nSPS) is 13.0. The van der Waals surface area contributed by atoms with Crippen molar-refractivity contribution in [3.8, 4) is 16.9 Å². The van der Waals surface area contributed by atoms with Crippen LogP contribution in [0.15, 0.2) is 78.4 Å². The van der Waals surface area contributed by atoms with E-state index in [-0.39, 0.29) is 12.4 Å². The molecule has 1 aliphatic heterocycles. The summed E-state index contributed by atoms with van der Waals surface area (Å²) in [6.45, 7) is 4.93. The lowest BCUT2D eigenvalue weighted by molar-refractivity contribution is 0.353. The third-order valence-corrected chi connectivity index (χ3v) is 5.16. The van der Waals surface area contributed by atoms with Crippen molar-refractivity contribution in [1.29, 1.82) is 0 Å². The maximum atomic E-state index is 5.60. The SMILES string of the molecule is C/C(=C\c1ccc(-c2ccccc2)cc1)CN(C)Cc1ccc2c(c1)CCO2.Cl. The second kappa shape index (κ2) is 9.78. The first-order valence-corrected chi connectivity index (χ1v) is 9.93. The van der Waals surface area contributed by atoms with Gasteiger partial charge in [0.2, 0.25) is 0 Å². The lowest BCUT2D eigenvalue weighted by Crippen LogP contribution is -2.19. The second-order valence-corrected chi connectivity index (χ2v) is 7.69. The molecule has 1 heterocycles. The maximum Gasteiger partial charge on any atom is 0.122 e. The Morgan fingerprint density at radius 1 is 0.966 bits per heavy atom. The summed E-state index contributed by atoms with van der Waals surface area (Å²) >= 11 is 0. The highest BCUT2D eigenvalue weighted by atomic mass is 35.5. The number of hydrogen-bond donors (Lipinski definition) is 0. The number of ether oxygens (including phenoxy) is 1. The molecular formula is C26H28ClNO. The Balaban J connectivity index is 0.00000240. The van der Waals surface area contributed by atoms with E-state index in [0.717, 1.165) is 31.9 Å². The lowest BCUT2D eigenvalue weighted by Gasteiger charge is -2.17. The molecule has 3 heteroatoms. The molecule has 4 rings (SSSR count). The minimum Gasteiger partial charge on any atom is -0.493 e. The van der Waals surface area contributed by atoms with Gasteiger partial charge in [-0.15, -0.1) is 12.4 Å². The number of halogens is 1. The van der Waals surface area contributed by atoms with Crippen molar-refractivity contribution >= 4 is 18.5 Å². The van der Waals surface area contributed by atoms with Crippen LogP contribution in [0, 0.1) is 0 Å². The van der Waals surface area contributed by atoms with Crippen LogP contribution in [-0.4, -0.2) is 25.1 Å². The van der Waals surface area contributed by atoms with Gasteiger partial charge in [-0.25, -0.2) is 0 Å². The summed E-state index contributed by atoms with van der Waals surface area (Å²) in [6.07, 6.45) is 3.31. The minimum absolute atomic E-state index is 0. The van der Waals surface area contributed by atoms with Gasteiger partial charge in [-0.3, -0.25) is 4.90 Å². The van der Waals surface area contributed by atoms with Crippen LogP contribution in [0.1, 0.15) is 23.6 Å². The molecule has 0 bridgehead atoms. The van der Waals surface area contributed by atoms with E-state index in [1.165, 1.54) is 33.4 Å². The van der Waals surface area contributed by atoms with E-state index < -0.39 is 0 Å². The van der Waals surface area contributed by atoms with Gasteiger partial charge >= 0.3 is 0 Å². The van der Waals surface area contributed by atoms with Crippen molar-refractivity contribution in [1.82, 2.24) is 4.90 Å². The zero-order chi connectivity index (χ0) is 19.3. The van der Waals surface area contributed by atoms with E-state index in [1.54, 1.807) is 0 Å². The largest absolute Gasteiger partial charge is 0.493 e. The van der Waals surface area contributed by atoms with Crippen molar-refractivity contribution in [3.63, 3.8) is 0 Å². The second-order valence-electron chi connectivity index (χ2n) is 7.69. The Kier molecular flexibility index (Phi) is 7.13. The van der Waals surface area contributed by atoms with Gasteiger partial charge in [0.05, 0.1) is 6.61 Å². The molecule has 0 spiro atoms. The maximum absolute atomic E-state index is 5.60. The standard InChI is InChI=1S/C26H27NO.ClH/c1-20(16-21-8-11-24(12-9-21)23-6-4-3-5-7-23)18-27(2)19-22-10-13-26-25(17-22)14-15-28-26;/h3-13,16-17H,14-15,18-19H2,1-2H3;1H/b20-16+;. The smallest absolute Gasteiger partial charge is 0.122 e. The summed E-state index contributed by atoms with van der Waals surface area (Å²) < 4.78 is 5.60. The predicted octanol–water partition coefficient (Wildman–Crippen LogP) is 6.25. The molecule has 3 aromatic carbocycles. The average molecular weight is 406 g/mol. The number of likely N-dealkylation sites (N-methyl/N-ethyl adjacent to an activating group) is 1. The van der Waals surface area contributed by atoms with Crippen LogP contribution in [0.4, 0.5) is 0 Å². The van der Waals surface area contributed by atoms with Crippen LogP contribution in [-0.2, 0) is 13.0 Å². The van der Waals surface area contributed by atoms with Crippen molar-refractivity contribution in [3.05, 3.63) is 95.1 Å². The van der Waals surface area contributed by atoms with E-state index in [1.807, 2.05) is 0 Å². The zero-order valence-electron chi connectivity index (χ0n) is 17.1. The van der Waals surface area contributed by atoms with E-state index in [0.29, 0.717) is 0 Å². The molecule has 2 nitrogen and oxygen atoms in total. The summed E-state index contributed by atoms with van der Waals surface area (Å²) in [7, 11) is 2.18. The molecule has 3 aromatic rings. The predicted molar refractivity (Wildman–Crippen MR) is 125 cm³/mol. The molecule has 29 heavy (non-hydrogen) atoms. The van der Waals surface area contributed by atoms with Gasteiger partial charge in [0.1, 0.15) is 5.75 Å². The topological polar surface area (TPSA) is 12.5 Å². The quantitative estimate of drug-likeness (QED) is 0.480. The van der Waals surface area contributed by atoms with E-state index in [4.69, 9.17) is 4.74 Å². The third-order valence-electron chi connectivity index (χ3n) is 5.16. The van der Waals surface area contributed by atoms with Gasteiger partial charge in [0.25, 0.3) is 0 Å². The van der Waals surface area contributed by atoms with Crippen molar-refractivity contribution < 1.29 is 4.74 Å². The van der Waals surface area contributed by atoms with Gasteiger partial charge in [-0.05, 0) is 47.9 Å². The fourth-order valence-corrected chi connectivity index (χ4v) is 3.86. The number of benzene rings is 3. The summed E-state index contributed by atoms with van der Waals surface area (Å²) in [5, 5.41) is 0. The molecule has 0 saturated carbocycles. The molecule has 0 amide bonds. The minimum atomic E-state index is 0. The number of hydrogen-bond acceptors (Lipinski definition) is 2. The number of fused-ring (bicyclic) bond motifs is 1. The Hall–Kier alpha value is -2.55. The molecule has 0 aliphatic carbocycles. The van der Waals surface area contributed by atoms with Crippen LogP contribution in [0.5, 0.6) is 5.75 Å². The fourth-order valence-electron chi connectivity index (χ4n) is 3.86. The molecule has 150 valence electrons. The van der Waals surface area contributed by atoms with Crippen molar-refractivity contribution in [2.24, 2.45) is 0 Å². The Bertz CT molecular complexity index is 964. The first-order valence-electron chi connectivity index (χ1n) is 9.93. The number of nitrogens with zero attached hydrogens (tertiary/aromatic N) is 1. The summed E-state index contributed by atoms with van der Waals surface area (Å²) in [5.41, 5.74) is 7.82. The summed E-state index contributed by atoms with van der Waals surface area (Å²) in [4.78, 5) is 2.36. The highest BCUT2D eigenvalue weighted by molar-refractivity contribution is 5.85. The van der Waals surface area contributed by atoms with Crippen LogP contribution in [0.25, 0.3) is 17.2 Å². The van der Waals surface area contributed by atoms with Crippen LogP contribution in [0.3, 0.4) is 0 Å². The van der Waals surface area contributed by atoms with Crippen LogP contribution >= 0.6 is 12.4 Å². The lowest BCUT2D eigenvalue weighted by atomic mass is 10.0. The van der Waals surface area contributed by atoms with Crippen molar-refractivity contribution in [2.45, 2.75) is 19.9 Å². The average Bonchev–Trinajstić information content (AvgIpc) is 3.17. The summed E-state index contributed by atoms with van der Waals surface area (Å²) in [6, 6.07) is 25.9. The van der Waals surface area contributed by atoms with Gasteiger partial charge in [-0.2, -0.15) is 0 Å².